The molecule has 0 aliphatic carbocycles. The van der Waals surface area contributed by atoms with E-state index in [0.717, 1.165) is 18.5 Å². The summed E-state index contributed by atoms with van der Waals surface area (Å²) in [7, 11) is 0. The van der Waals surface area contributed by atoms with E-state index in [9.17, 15) is 4.79 Å². The Balaban J connectivity index is 1.97. The third-order valence-electron chi connectivity index (χ3n) is 2.79. The molecule has 0 fully saturated rings. The predicted octanol–water partition coefficient (Wildman–Crippen LogP) is 1.48. The number of amides is 1. The van der Waals surface area contributed by atoms with Crippen LogP contribution in [-0.4, -0.2) is 15.7 Å². The quantitative estimate of drug-likeness (QED) is 0.475. The third kappa shape index (κ3) is 3.58. The lowest BCUT2D eigenvalue weighted by molar-refractivity contribution is 0.0953. The molecule has 6 nitrogen and oxygen atoms in total. The van der Waals surface area contributed by atoms with Crippen LogP contribution in [0, 0.1) is 0 Å². The highest BCUT2D eigenvalue weighted by molar-refractivity contribution is 5.93. The molecule has 1 amide bonds. The Hall–Kier alpha value is -2.34. The number of ether oxygens (including phenoxy) is 1. The second kappa shape index (κ2) is 6.72. The number of nitrogens with two attached hydrogens (primary N) is 1. The van der Waals surface area contributed by atoms with E-state index in [-0.39, 0.29) is 5.91 Å². The van der Waals surface area contributed by atoms with E-state index in [1.54, 1.807) is 24.4 Å². The van der Waals surface area contributed by atoms with Gasteiger partial charge in [0.15, 0.2) is 5.75 Å². The van der Waals surface area contributed by atoms with Gasteiger partial charge in [0.2, 0.25) is 0 Å². The Labute approximate surface area is 117 Å². The lowest BCUT2D eigenvalue weighted by atomic mass is 10.1. The standard InChI is InChI=1S/C14H18N4O2/c1-2-6-18-9-13(8-16-18)20-10-11-4-3-5-12(7-11)14(19)17-15/h3-5,7-9H,2,6,10,15H2,1H3,(H,17,19). The molecule has 0 aliphatic rings. The number of nitrogens with zero attached hydrogens (tertiary/aromatic N) is 2. The summed E-state index contributed by atoms with van der Waals surface area (Å²) >= 11 is 0. The molecule has 0 bridgehead atoms. The fourth-order valence-corrected chi connectivity index (χ4v) is 1.82. The smallest absolute Gasteiger partial charge is 0.265 e. The van der Waals surface area contributed by atoms with Gasteiger partial charge in [-0.1, -0.05) is 19.1 Å². The lowest BCUT2D eigenvalue weighted by Crippen LogP contribution is -2.30. The Morgan fingerprint density at radius 3 is 3.10 bits per heavy atom. The number of aryl methyl sites for hydroxylation is 1. The predicted molar refractivity (Wildman–Crippen MR) is 74.9 cm³/mol. The summed E-state index contributed by atoms with van der Waals surface area (Å²) in [5.74, 6) is 5.51. The summed E-state index contributed by atoms with van der Waals surface area (Å²) in [6, 6.07) is 7.14. The van der Waals surface area contributed by atoms with Crippen LogP contribution in [0.2, 0.25) is 0 Å². The Bertz CT molecular complexity index is 580. The zero-order valence-electron chi connectivity index (χ0n) is 11.4. The van der Waals surface area contributed by atoms with Gasteiger partial charge in [0, 0.05) is 12.1 Å². The van der Waals surface area contributed by atoms with Gasteiger partial charge in [-0.2, -0.15) is 5.10 Å². The van der Waals surface area contributed by atoms with Crippen LogP contribution in [0.4, 0.5) is 0 Å². The maximum atomic E-state index is 11.4. The van der Waals surface area contributed by atoms with Crippen LogP contribution in [0.3, 0.4) is 0 Å². The van der Waals surface area contributed by atoms with Crippen molar-refractivity contribution in [3.8, 4) is 5.75 Å². The van der Waals surface area contributed by atoms with Crippen molar-refractivity contribution in [1.82, 2.24) is 15.2 Å². The van der Waals surface area contributed by atoms with Crippen molar-refractivity contribution in [2.24, 2.45) is 5.84 Å². The molecule has 0 aliphatic heterocycles. The molecular weight excluding hydrogens is 256 g/mol. The van der Waals surface area contributed by atoms with Gasteiger partial charge >= 0.3 is 0 Å². The van der Waals surface area contributed by atoms with Crippen molar-refractivity contribution >= 4 is 5.91 Å². The van der Waals surface area contributed by atoms with E-state index in [2.05, 4.69) is 17.4 Å². The molecule has 6 heteroatoms. The van der Waals surface area contributed by atoms with Crippen LogP contribution < -0.4 is 16.0 Å². The molecule has 0 atom stereocenters. The number of hydrogen-bond acceptors (Lipinski definition) is 4. The fraction of sp³-hybridized carbons (Fsp3) is 0.286. The molecule has 0 unspecified atom stereocenters. The molecule has 0 saturated heterocycles. The van der Waals surface area contributed by atoms with Crippen LogP contribution in [0.15, 0.2) is 36.7 Å². The number of benzene rings is 1. The highest BCUT2D eigenvalue weighted by atomic mass is 16.5. The Morgan fingerprint density at radius 1 is 1.50 bits per heavy atom. The molecule has 0 spiro atoms. The number of nitrogens with one attached hydrogen (secondary N) is 1. The summed E-state index contributed by atoms with van der Waals surface area (Å²) < 4.78 is 7.48. The number of carbonyl (C=O) groups is 1. The van der Waals surface area contributed by atoms with Crippen LogP contribution in [0.25, 0.3) is 0 Å². The monoisotopic (exact) mass is 274 g/mol. The lowest BCUT2D eigenvalue weighted by Gasteiger charge is -2.05. The molecule has 1 aromatic heterocycles. The number of aromatic nitrogens is 2. The zero-order valence-corrected chi connectivity index (χ0v) is 11.4. The molecular formula is C14H18N4O2. The van der Waals surface area contributed by atoms with Crippen molar-refractivity contribution < 1.29 is 9.53 Å². The highest BCUT2D eigenvalue weighted by Crippen LogP contribution is 2.12. The van der Waals surface area contributed by atoms with Gasteiger partial charge in [-0.3, -0.25) is 14.9 Å². The van der Waals surface area contributed by atoms with Gasteiger partial charge in [-0.25, -0.2) is 5.84 Å². The second-order valence-electron chi connectivity index (χ2n) is 4.40. The molecule has 0 radical (unpaired) electrons. The maximum absolute atomic E-state index is 11.4. The van der Waals surface area contributed by atoms with Crippen LogP contribution in [-0.2, 0) is 13.2 Å². The first-order valence-corrected chi connectivity index (χ1v) is 6.48. The minimum absolute atomic E-state index is 0.317. The van der Waals surface area contributed by atoms with E-state index < -0.39 is 0 Å². The summed E-state index contributed by atoms with van der Waals surface area (Å²) in [5, 5.41) is 4.19. The summed E-state index contributed by atoms with van der Waals surface area (Å²) in [5.41, 5.74) is 3.51. The second-order valence-corrected chi connectivity index (χ2v) is 4.40. The van der Waals surface area contributed by atoms with Gasteiger partial charge in [0.05, 0.1) is 12.4 Å². The molecule has 106 valence electrons. The van der Waals surface area contributed by atoms with Crippen LogP contribution in [0.1, 0.15) is 29.3 Å². The zero-order chi connectivity index (χ0) is 14.4. The average Bonchev–Trinajstić information content (AvgIpc) is 2.93. The number of hydrazine groups is 1. The number of rotatable bonds is 6. The van der Waals surface area contributed by atoms with Gasteiger partial charge in [-0.05, 0) is 24.1 Å². The summed E-state index contributed by atoms with van der Waals surface area (Å²) in [6.07, 6.45) is 4.57. The molecule has 2 rings (SSSR count). The maximum Gasteiger partial charge on any atom is 0.265 e. The van der Waals surface area contributed by atoms with E-state index in [4.69, 9.17) is 10.6 Å². The largest absolute Gasteiger partial charge is 0.486 e. The van der Waals surface area contributed by atoms with Gasteiger partial charge in [0.1, 0.15) is 6.61 Å². The van der Waals surface area contributed by atoms with E-state index in [0.29, 0.717) is 17.9 Å². The van der Waals surface area contributed by atoms with E-state index in [1.165, 1.54) is 0 Å². The van der Waals surface area contributed by atoms with Crippen molar-refractivity contribution in [2.75, 3.05) is 0 Å². The molecule has 1 heterocycles. The Kier molecular flexibility index (Phi) is 4.73. The first-order valence-electron chi connectivity index (χ1n) is 6.48. The minimum Gasteiger partial charge on any atom is -0.486 e. The average molecular weight is 274 g/mol. The molecule has 20 heavy (non-hydrogen) atoms. The first-order chi connectivity index (χ1) is 9.72. The van der Waals surface area contributed by atoms with Gasteiger partial charge in [0.25, 0.3) is 5.91 Å². The minimum atomic E-state index is -0.317. The third-order valence-corrected chi connectivity index (χ3v) is 2.79. The summed E-state index contributed by atoms with van der Waals surface area (Å²) in [6.45, 7) is 3.34. The van der Waals surface area contributed by atoms with E-state index in [1.807, 2.05) is 16.9 Å². The van der Waals surface area contributed by atoms with Crippen LogP contribution in [0.5, 0.6) is 5.75 Å². The molecule has 3 N–H and O–H groups in total. The summed E-state index contributed by atoms with van der Waals surface area (Å²) in [4.78, 5) is 11.4. The first kappa shape index (κ1) is 14.1. The molecule has 1 aromatic carbocycles. The highest BCUT2D eigenvalue weighted by Gasteiger charge is 2.05. The van der Waals surface area contributed by atoms with E-state index >= 15 is 0 Å². The van der Waals surface area contributed by atoms with Crippen molar-refractivity contribution in [1.29, 1.82) is 0 Å². The van der Waals surface area contributed by atoms with Crippen molar-refractivity contribution in [2.45, 2.75) is 26.5 Å². The normalized spacial score (nSPS) is 10.3. The number of nitrogen functional groups attached to an aromatic ring is 1. The topological polar surface area (TPSA) is 82.2 Å². The van der Waals surface area contributed by atoms with Crippen molar-refractivity contribution in [3.05, 3.63) is 47.8 Å². The van der Waals surface area contributed by atoms with Gasteiger partial charge in [-0.15, -0.1) is 0 Å². The molecule has 0 saturated carbocycles. The van der Waals surface area contributed by atoms with Crippen molar-refractivity contribution in [3.63, 3.8) is 0 Å². The number of carbonyl (C=O) groups excluding carboxylic acids is 1. The van der Waals surface area contributed by atoms with Gasteiger partial charge < -0.3 is 4.74 Å². The SMILES string of the molecule is CCCn1cc(OCc2cccc(C(=O)NN)c2)cn1. The number of hydrogen-bond donors (Lipinski definition) is 2. The Morgan fingerprint density at radius 2 is 2.35 bits per heavy atom. The van der Waals surface area contributed by atoms with Crippen LogP contribution >= 0.6 is 0 Å². The fourth-order valence-electron chi connectivity index (χ4n) is 1.82. The molecule has 2 aromatic rings.